The Morgan fingerprint density at radius 2 is 1.84 bits per heavy atom. The number of carbonyl (C=O) groups excluding carboxylic acids is 2. The van der Waals surface area contributed by atoms with Crippen molar-refractivity contribution in [3.05, 3.63) is 63.7 Å². The maximum Gasteiger partial charge on any atom is 0.311 e. The zero-order valence-corrected chi connectivity index (χ0v) is 13.5. The first-order chi connectivity index (χ1) is 11.9. The molecule has 0 unspecified atom stereocenters. The van der Waals surface area contributed by atoms with Gasteiger partial charge in [-0.1, -0.05) is 18.2 Å². The summed E-state index contributed by atoms with van der Waals surface area (Å²) < 4.78 is 0. The van der Waals surface area contributed by atoms with E-state index in [4.69, 9.17) is 0 Å². The molecule has 0 radical (unpaired) electrons. The summed E-state index contributed by atoms with van der Waals surface area (Å²) in [6.45, 7) is 1.72. The number of para-hydroxylation sites is 1. The van der Waals surface area contributed by atoms with E-state index in [2.05, 4.69) is 10.6 Å². The van der Waals surface area contributed by atoms with Crippen LogP contribution in [-0.2, 0) is 11.2 Å². The number of aromatic hydroxyl groups is 1. The number of nitro benzene ring substituents is 1. The topological polar surface area (TPSA) is 122 Å². The number of phenolic OH excluding ortho intramolecular Hbond substituents is 1. The van der Waals surface area contributed by atoms with Crippen LogP contribution in [0.5, 0.6) is 5.75 Å². The fraction of sp³-hybridized carbons (Fsp3) is 0.176. The van der Waals surface area contributed by atoms with Gasteiger partial charge in [-0.3, -0.25) is 19.7 Å². The normalized spacial score (nSPS) is 10.1. The Morgan fingerprint density at radius 1 is 1.16 bits per heavy atom. The Kier molecular flexibility index (Phi) is 5.67. The Balaban J connectivity index is 1.94. The number of carbonyl (C=O) groups is 2. The van der Waals surface area contributed by atoms with E-state index in [0.29, 0.717) is 18.7 Å². The standard InChI is InChI=1S/C17H17N3O5/c1-11(21)19-13-7-5-12(6-8-13)9-10-18-17(23)14-3-2-4-15(16(14)22)20(24)25/h2-8,22H,9-10H2,1H3,(H,18,23)(H,19,21). The second-order valence-corrected chi connectivity index (χ2v) is 5.31. The number of benzene rings is 2. The number of nitrogens with one attached hydrogen (secondary N) is 2. The minimum absolute atomic E-state index is 0.143. The molecule has 0 saturated heterocycles. The lowest BCUT2D eigenvalue weighted by molar-refractivity contribution is -0.385. The molecule has 0 aliphatic carbocycles. The maximum atomic E-state index is 12.1. The van der Waals surface area contributed by atoms with Gasteiger partial charge < -0.3 is 15.7 Å². The van der Waals surface area contributed by atoms with E-state index in [1.165, 1.54) is 19.1 Å². The number of amides is 2. The maximum absolute atomic E-state index is 12.1. The van der Waals surface area contributed by atoms with Gasteiger partial charge in [0, 0.05) is 25.2 Å². The molecule has 8 heteroatoms. The number of hydrogen-bond donors (Lipinski definition) is 3. The van der Waals surface area contributed by atoms with Crippen LogP contribution in [0.3, 0.4) is 0 Å². The molecule has 2 rings (SSSR count). The van der Waals surface area contributed by atoms with Crippen molar-refractivity contribution < 1.29 is 19.6 Å². The highest BCUT2D eigenvalue weighted by Gasteiger charge is 2.20. The van der Waals surface area contributed by atoms with Crippen molar-refractivity contribution in [3.8, 4) is 5.75 Å². The first-order valence-corrected chi connectivity index (χ1v) is 7.49. The number of hydrogen-bond acceptors (Lipinski definition) is 5. The van der Waals surface area contributed by atoms with Gasteiger partial charge in [-0.25, -0.2) is 0 Å². The highest BCUT2D eigenvalue weighted by atomic mass is 16.6. The zero-order valence-electron chi connectivity index (χ0n) is 13.5. The van der Waals surface area contributed by atoms with Crippen molar-refractivity contribution in [2.45, 2.75) is 13.3 Å². The van der Waals surface area contributed by atoms with Gasteiger partial charge in [-0.05, 0) is 30.2 Å². The lowest BCUT2D eigenvalue weighted by Crippen LogP contribution is -2.25. The van der Waals surface area contributed by atoms with Gasteiger partial charge >= 0.3 is 5.69 Å². The van der Waals surface area contributed by atoms with Crippen LogP contribution in [0.25, 0.3) is 0 Å². The van der Waals surface area contributed by atoms with Crippen LogP contribution in [0.15, 0.2) is 42.5 Å². The van der Waals surface area contributed by atoms with Gasteiger partial charge in [0.25, 0.3) is 5.91 Å². The summed E-state index contributed by atoms with van der Waals surface area (Å²) in [7, 11) is 0. The van der Waals surface area contributed by atoms with Crippen molar-refractivity contribution in [3.63, 3.8) is 0 Å². The fourth-order valence-electron chi connectivity index (χ4n) is 2.24. The van der Waals surface area contributed by atoms with Crippen LogP contribution in [0, 0.1) is 10.1 Å². The molecule has 3 N–H and O–H groups in total. The summed E-state index contributed by atoms with van der Waals surface area (Å²) in [5.41, 5.74) is 0.968. The molecule has 0 aromatic heterocycles. The molecule has 2 aromatic rings. The fourth-order valence-corrected chi connectivity index (χ4v) is 2.24. The SMILES string of the molecule is CC(=O)Nc1ccc(CCNC(=O)c2cccc([N+](=O)[O-])c2O)cc1. The number of nitro groups is 1. The van der Waals surface area contributed by atoms with Gasteiger partial charge in [0.05, 0.1) is 10.5 Å². The molecule has 8 nitrogen and oxygen atoms in total. The molecular formula is C17H17N3O5. The molecule has 25 heavy (non-hydrogen) atoms. The van der Waals surface area contributed by atoms with Crippen LogP contribution >= 0.6 is 0 Å². The lowest BCUT2D eigenvalue weighted by atomic mass is 10.1. The molecule has 0 spiro atoms. The number of rotatable bonds is 6. The smallest absolute Gasteiger partial charge is 0.311 e. The van der Waals surface area contributed by atoms with Crippen molar-refractivity contribution in [1.82, 2.24) is 5.32 Å². The minimum atomic E-state index is -0.747. The molecule has 0 aliphatic rings. The molecule has 2 amide bonds. The van der Waals surface area contributed by atoms with Gasteiger partial charge in [0.2, 0.25) is 11.7 Å². The quantitative estimate of drug-likeness (QED) is 0.548. The molecular weight excluding hydrogens is 326 g/mol. The molecule has 2 aromatic carbocycles. The van der Waals surface area contributed by atoms with E-state index in [1.54, 1.807) is 12.1 Å². The van der Waals surface area contributed by atoms with Gasteiger partial charge in [0.15, 0.2) is 0 Å². The molecule has 0 atom stereocenters. The Hall–Kier alpha value is -3.42. The average Bonchev–Trinajstić information content (AvgIpc) is 2.55. The Bertz CT molecular complexity index is 802. The van der Waals surface area contributed by atoms with E-state index < -0.39 is 22.3 Å². The largest absolute Gasteiger partial charge is 0.502 e. The predicted octanol–water partition coefficient (Wildman–Crippen LogP) is 2.23. The number of phenols is 1. The monoisotopic (exact) mass is 343 g/mol. The molecule has 0 bridgehead atoms. The van der Waals surface area contributed by atoms with E-state index in [0.717, 1.165) is 11.6 Å². The molecule has 0 saturated carbocycles. The van der Waals surface area contributed by atoms with E-state index >= 15 is 0 Å². The van der Waals surface area contributed by atoms with Crippen molar-refractivity contribution in [2.24, 2.45) is 0 Å². The second kappa shape index (κ2) is 7.91. The van der Waals surface area contributed by atoms with Crippen molar-refractivity contribution in [2.75, 3.05) is 11.9 Å². The average molecular weight is 343 g/mol. The van der Waals surface area contributed by atoms with Crippen molar-refractivity contribution >= 4 is 23.2 Å². The van der Waals surface area contributed by atoms with Crippen LogP contribution in [0.1, 0.15) is 22.8 Å². The lowest BCUT2D eigenvalue weighted by Gasteiger charge is -2.08. The third kappa shape index (κ3) is 4.77. The Morgan fingerprint density at radius 3 is 2.44 bits per heavy atom. The summed E-state index contributed by atoms with van der Waals surface area (Å²) in [6.07, 6.45) is 0.530. The highest BCUT2D eigenvalue weighted by Crippen LogP contribution is 2.29. The summed E-state index contributed by atoms with van der Waals surface area (Å²) in [4.78, 5) is 33.0. The summed E-state index contributed by atoms with van der Waals surface area (Å²) >= 11 is 0. The molecule has 130 valence electrons. The zero-order chi connectivity index (χ0) is 18.4. The van der Waals surface area contributed by atoms with Gasteiger partial charge in [-0.2, -0.15) is 0 Å². The molecule has 0 aliphatic heterocycles. The van der Waals surface area contributed by atoms with Gasteiger partial charge in [0.1, 0.15) is 0 Å². The van der Waals surface area contributed by atoms with E-state index in [1.807, 2.05) is 12.1 Å². The predicted molar refractivity (Wildman–Crippen MR) is 91.5 cm³/mol. The summed E-state index contributed by atoms with van der Waals surface area (Å²) in [6, 6.07) is 10.9. The highest BCUT2D eigenvalue weighted by molar-refractivity contribution is 5.98. The van der Waals surface area contributed by atoms with Crippen LogP contribution in [-0.4, -0.2) is 28.4 Å². The third-order valence-electron chi connectivity index (χ3n) is 3.43. The van der Waals surface area contributed by atoms with E-state index in [-0.39, 0.29) is 11.5 Å². The first kappa shape index (κ1) is 17.9. The van der Waals surface area contributed by atoms with E-state index in [9.17, 15) is 24.8 Å². The van der Waals surface area contributed by atoms with Crippen molar-refractivity contribution in [1.29, 1.82) is 0 Å². The summed E-state index contributed by atoms with van der Waals surface area (Å²) in [5.74, 6) is -1.39. The Labute approximate surface area is 143 Å². The number of anilines is 1. The van der Waals surface area contributed by atoms with Gasteiger partial charge in [-0.15, -0.1) is 0 Å². The van der Waals surface area contributed by atoms with Crippen LogP contribution in [0.4, 0.5) is 11.4 Å². The second-order valence-electron chi connectivity index (χ2n) is 5.31. The van der Waals surface area contributed by atoms with Crippen LogP contribution < -0.4 is 10.6 Å². The summed E-state index contributed by atoms with van der Waals surface area (Å²) in [5, 5.41) is 25.9. The molecule has 0 fully saturated rings. The molecule has 0 heterocycles. The third-order valence-corrected chi connectivity index (χ3v) is 3.43. The van der Waals surface area contributed by atoms with Crippen LogP contribution in [0.2, 0.25) is 0 Å². The first-order valence-electron chi connectivity index (χ1n) is 7.49. The minimum Gasteiger partial charge on any atom is -0.502 e. The number of nitrogens with zero attached hydrogens (tertiary/aromatic N) is 1.